The number of carbonyl (C=O) groups excluding carboxylic acids is 3. The van der Waals surface area contributed by atoms with Crippen LogP contribution < -0.4 is 0 Å². The van der Waals surface area contributed by atoms with Gasteiger partial charge in [-0.2, -0.15) is 0 Å². The maximum absolute atomic E-state index is 13.4. The third-order valence-electron chi connectivity index (χ3n) is 5.79. The molecule has 0 aliphatic rings. The first-order chi connectivity index (χ1) is 14.8. The fourth-order valence-electron chi connectivity index (χ4n) is 4.31. The fraction of sp³-hybridized carbons (Fsp3) is 0.480. The third-order valence-corrected chi connectivity index (χ3v) is 5.79. The van der Waals surface area contributed by atoms with Gasteiger partial charge in [-0.1, -0.05) is 44.2 Å². The van der Waals surface area contributed by atoms with Gasteiger partial charge in [0.15, 0.2) is 5.78 Å². The summed E-state index contributed by atoms with van der Waals surface area (Å²) < 4.78 is 6.73. The van der Waals surface area contributed by atoms with Crippen molar-refractivity contribution in [3.05, 3.63) is 58.4 Å². The number of amides is 1. The molecule has 1 amide bonds. The maximum atomic E-state index is 13.4. The minimum Gasteiger partial charge on any atom is -0.464 e. The second-order valence-corrected chi connectivity index (χ2v) is 7.72. The summed E-state index contributed by atoms with van der Waals surface area (Å²) in [4.78, 5) is 40.7. The zero-order valence-corrected chi connectivity index (χ0v) is 19.5. The van der Waals surface area contributed by atoms with Gasteiger partial charge >= 0.3 is 5.97 Å². The third kappa shape index (κ3) is 5.06. The van der Waals surface area contributed by atoms with Crippen LogP contribution in [0.25, 0.3) is 0 Å². The molecule has 1 aromatic heterocycles. The number of rotatable bonds is 10. The van der Waals surface area contributed by atoms with Crippen LogP contribution in [0, 0.1) is 13.8 Å². The van der Waals surface area contributed by atoms with Crippen LogP contribution in [0.1, 0.15) is 77.2 Å². The van der Waals surface area contributed by atoms with Crippen molar-refractivity contribution in [1.82, 2.24) is 9.47 Å². The lowest BCUT2D eigenvalue weighted by molar-refractivity contribution is -0.132. The molecule has 1 aromatic carbocycles. The lowest BCUT2D eigenvalue weighted by Crippen LogP contribution is -2.39. The molecule has 0 saturated heterocycles. The van der Waals surface area contributed by atoms with E-state index in [1.54, 1.807) is 16.4 Å². The monoisotopic (exact) mass is 426 g/mol. The maximum Gasteiger partial charge on any atom is 0.354 e. The van der Waals surface area contributed by atoms with Crippen molar-refractivity contribution < 1.29 is 19.1 Å². The first kappa shape index (κ1) is 24.4. The van der Waals surface area contributed by atoms with Crippen molar-refractivity contribution in [3.63, 3.8) is 0 Å². The van der Waals surface area contributed by atoms with Crippen molar-refractivity contribution in [3.8, 4) is 0 Å². The van der Waals surface area contributed by atoms with Crippen molar-refractivity contribution in [2.24, 2.45) is 0 Å². The Hall–Kier alpha value is -2.89. The Morgan fingerprint density at radius 3 is 2.23 bits per heavy atom. The highest BCUT2D eigenvalue weighted by Gasteiger charge is 2.30. The van der Waals surface area contributed by atoms with E-state index in [9.17, 15) is 14.4 Å². The lowest BCUT2D eigenvalue weighted by Gasteiger charge is -2.26. The molecular weight excluding hydrogens is 392 g/mol. The first-order valence-corrected chi connectivity index (χ1v) is 11.0. The van der Waals surface area contributed by atoms with E-state index < -0.39 is 5.97 Å². The van der Waals surface area contributed by atoms with E-state index >= 15 is 0 Å². The summed E-state index contributed by atoms with van der Waals surface area (Å²) >= 11 is 0. The number of carbonyl (C=O) groups is 3. The smallest absolute Gasteiger partial charge is 0.354 e. The van der Waals surface area contributed by atoms with E-state index in [0.717, 1.165) is 17.7 Å². The van der Waals surface area contributed by atoms with Gasteiger partial charge in [0.1, 0.15) is 5.69 Å². The van der Waals surface area contributed by atoms with Gasteiger partial charge < -0.3 is 14.2 Å². The molecule has 6 heteroatoms. The largest absolute Gasteiger partial charge is 0.464 e. The van der Waals surface area contributed by atoms with Crippen LogP contribution in [0.15, 0.2) is 30.3 Å². The molecule has 0 N–H and O–H groups in total. The summed E-state index contributed by atoms with van der Waals surface area (Å²) in [5.74, 6) is -0.939. The number of hydrogen-bond acceptors (Lipinski definition) is 4. The van der Waals surface area contributed by atoms with Crippen molar-refractivity contribution in [2.45, 2.75) is 59.9 Å². The van der Waals surface area contributed by atoms with Crippen molar-refractivity contribution in [1.29, 1.82) is 0 Å². The van der Waals surface area contributed by atoms with Gasteiger partial charge in [0, 0.05) is 24.3 Å². The van der Waals surface area contributed by atoms with E-state index in [4.69, 9.17) is 4.74 Å². The molecule has 0 radical (unpaired) electrons. The Morgan fingerprint density at radius 1 is 1.06 bits per heavy atom. The van der Waals surface area contributed by atoms with Gasteiger partial charge in [-0.3, -0.25) is 9.59 Å². The SMILES string of the molecule is CCCN(CC(=O)c1c(C)c(C(=O)OC)n(CC)c1C)C(=O)C(CC)c1ccccc1. The number of benzene rings is 1. The second kappa shape index (κ2) is 10.9. The van der Waals surface area contributed by atoms with E-state index in [0.29, 0.717) is 36.3 Å². The molecule has 0 aliphatic carbocycles. The molecular formula is C25H34N2O4. The minimum atomic E-state index is -0.460. The molecule has 0 bridgehead atoms. The number of hydrogen-bond donors (Lipinski definition) is 0. The summed E-state index contributed by atoms with van der Waals surface area (Å²) in [6.45, 7) is 10.5. The topological polar surface area (TPSA) is 68.6 Å². The normalized spacial score (nSPS) is 11.8. The van der Waals surface area contributed by atoms with Crippen LogP contribution >= 0.6 is 0 Å². The minimum absolute atomic E-state index is 0.00791. The van der Waals surface area contributed by atoms with Crippen LogP contribution in [-0.2, 0) is 16.1 Å². The number of Topliss-reactive ketones (excluding diaryl/α,β-unsaturated/α-hetero) is 1. The van der Waals surface area contributed by atoms with Gasteiger partial charge in [0.25, 0.3) is 0 Å². The number of esters is 1. The molecule has 31 heavy (non-hydrogen) atoms. The molecule has 2 rings (SSSR count). The molecule has 0 saturated carbocycles. The summed E-state index contributed by atoms with van der Waals surface area (Å²) in [6, 6.07) is 9.69. The standard InChI is InChI=1S/C25H34N2O4/c1-7-15-26(24(29)20(8-2)19-13-11-10-12-14-19)16-21(28)22-17(4)23(25(30)31-6)27(9-3)18(22)5/h10-14,20H,7-9,15-16H2,1-6H3. The number of aromatic nitrogens is 1. The average Bonchev–Trinajstić information content (AvgIpc) is 3.03. The Kier molecular flexibility index (Phi) is 8.60. The van der Waals surface area contributed by atoms with Gasteiger partial charge in [-0.05, 0) is 44.7 Å². The highest BCUT2D eigenvalue weighted by Crippen LogP contribution is 2.26. The number of ether oxygens (including phenoxy) is 1. The molecule has 2 aromatic rings. The van der Waals surface area contributed by atoms with Gasteiger partial charge in [-0.15, -0.1) is 0 Å². The number of methoxy groups -OCH3 is 1. The molecule has 168 valence electrons. The van der Waals surface area contributed by atoms with Crippen LogP contribution in [0.2, 0.25) is 0 Å². The van der Waals surface area contributed by atoms with Crippen molar-refractivity contribution >= 4 is 17.7 Å². The second-order valence-electron chi connectivity index (χ2n) is 7.72. The Balaban J connectivity index is 2.38. The molecule has 6 nitrogen and oxygen atoms in total. The van der Waals surface area contributed by atoms with E-state index in [2.05, 4.69) is 0 Å². The molecule has 1 unspecified atom stereocenters. The Bertz CT molecular complexity index is 931. The van der Waals surface area contributed by atoms with E-state index in [1.165, 1.54) is 7.11 Å². The summed E-state index contributed by atoms with van der Waals surface area (Å²) in [5, 5.41) is 0. The van der Waals surface area contributed by atoms with Crippen molar-refractivity contribution in [2.75, 3.05) is 20.2 Å². The van der Waals surface area contributed by atoms with E-state index in [-0.39, 0.29) is 24.2 Å². The summed E-state index contributed by atoms with van der Waals surface area (Å²) in [6.07, 6.45) is 1.42. The quantitative estimate of drug-likeness (QED) is 0.414. The van der Waals surface area contributed by atoms with E-state index in [1.807, 2.05) is 58.0 Å². The van der Waals surface area contributed by atoms with Crippen LogP contribution in [-0.4, -0.2) is 47.3 Å². The van der Waals surface area contributed by atoms with Gasteiger partial charge in [0.2, 0.25) is 5.91 Å². The zero-order chi connectivity index (χ0) is 23.1. The fourth-order valence-corrected chi connectivity index (χ4v) is 4.31. The Labute approximate surface area is 185 Å². The molecule has 0 aliphatic heterocycles. The summed E-state index contributed by atoms with van der Waals surface area (Å²) in [7, 11) is 1.34. The molecule has 1 heterocycles. The molecule has 0 fully saturated rings. The Morgan fingerprint density at radius 2 is 1.71 bits per heavy atom. The highest BCUT2D eigenvalue weighted by molar-refractivity contribution is 6.05. The number of nitrogens with zero attached hydrogens (tertiary/aromatic N) is 2. The van der Waals surface area contributed by atoms with Crippen LogP contribution in [0.4, 0.5) is 0 Å². The summed E-state index contributed by atoms with van der Waals surface area (Å²) in [5.41, 5.74) is 3.19. The highest BCUT2D eigenvalue weighted by atomic mass is 16.5. The molecule has 0 spiro atoms. The van der Waals surface area contributed by atoms with Crippen LogP contribution in [0.5, 0.6) is 0 Å². The molecule has 1 atom stereocenters. The first-order valence-electron chi connectivity index (χ1n) is 11.0. The predicted octanol–water partition coefficient (Wildman–Crippen LogP) is 4.53. The van der Waals surface area contributed by atoms with Gasteiger partial charge in [-0.25, -0.2) is 4.79 Å². The number of ketones is 1. The zero-order valence-electron chi connectivity index (χ0n) is 19.5. The lowest BCUT2D eigenvalue weighted by atomic mass is 9.94. The van der Waals surface area contributed by atoms with Gasteiger partial charge in [0.05, 0.1) is 19.6 Å². The predicted molar refractivity (Wildman–Crippen MR) is 122 cm³/mol. The average molecular weight is 427 g/mol. The van der Waals surface area contributed by atoms with Crippen LogP contribution in [0.3, 0.4) is 0 Å².